The van der Waals surface area contributed by atoms with Gasteiger partial charge in [0.2, 0.25) is 0 Å². The summed E-state index contributed by atoms with van der Waals surface area (Å²) >= 11 is 0. The summed E-state index contributed by atoms with van der Waals surface area (Å²) in [4.78, 5) is 0. The van der Waals surface area contributed by atoms with E-state index in [9.17, 15) is 0 Å². The highest BCUT2D eigenvalue weighted by Crippen LogP contribution is 2.41. The van der Waals surface area contributed by atoms with Gasteiger partial charge in [-0.25, -0.2) is 0 Å². The summed E-state index contributed by atoms with van der Waals surface area (Å²) < 4.78 is 17.8. The van der Waals surface area contributed by atoms with Crippen LogP contribution in [0.25, 0.3) is 0 Å². The predicted molar refractivity (Wildman–Crippen MR) is 106 cm³/mol. The Morgan fingerprint density at radius 3 is 1.65 bits per heavy atom. The van der Waals surface area contributed by atoms with Gasteiger partial charge < -0.3 is 13.6 Å². The first-order valence-electron chi connectivity index (χ1n) is 8.39. The molecular formula is C17H33O3PSi2. The van der Waals surface area contributed by atoms with Gasteiger partial charge in [-0.05, 0) is 17.7 Å². The monoisotopic (exact) mass is 372 g/mol. The van der Waals surface area contributed by atoms with Crippen LogP contribution in [0.4, 0.5) is 0 Å². The van der Waals surface area contributed by atoms with E-state index in [1.807, 2.05) is 18.2 Å². The second-order valence-electron chi connectivity index (χ2n) is 8.27. The quantitative estimate of drug-likeness (QED) is 0.345. The Hall–Kier alpha value is -0.0362. The van der Waals surface area contributed by atoms with Crippen molar-refractivity contribution in [3.8, 4) is 0 Å². The van der Waals surface area contributed by atoms with Gasteiger partial charge in [0.1, 0.15) is 0 Å². The summed E-state index contributed by atoms with van der Waals surface area (Å²) in [5.74, 6) is 0. The zero-order chi connectivity index (χ0) is 17.3. The largest absolute Gasteiger partial charge is 0.332 e. The molecule has 0 aliphatic heterocycles. The van der Waals surface area contributed by atoms with Gasteiger partial charge in [-0.3, -0.25) is 0 Å². The van der Waals surface area contributed by atoms with Crippen molar-refractivity contribution in [1.82, 2.24) is 0 Å². The van der Waals surface area contributed by atoms with Crippen LogP contribution in [-0.2, 0) is 20.2 Å². The van der Waals surface area contributed by atoms with Crippen LogP contribution in [0.15, 0.2) is 30.3 Å². The molecule has 0 bridgehead atoms. The van der Waals surface area contributed by atoms with Crippen molar-refractivity contribution in [2.75, 3.05) is 13.2 Å². The Bertz CT molecular complexity index is 410. The summed E-state index contributed by atoms with van der Waals surface area (Å²) in [6, 6.07) is 12.5. The number of rotatable bonds is 11. The van der Waals surface area contributed by atoms with Crippen LogP contribution < -0.4 is 0 Å². The molecule has 0 radical (unpaired) electrons. The van der Waals surface area contributed by atoms with Crippen molar-refractivity contribution in [3.63, 3.8) is 0 Å². The van der Waals surface area contributed by atoms with Crippen LogP contribution in [-0.4, -0.2) is 29.4 Å². The van der Waals surface area contributed by atoms with Crippen molar-refractivity contribution >= 4 is 24.8 Å². The fourth-order valence-corrected chi connectivity index (χ4v) is 4.40. The summed E-state index contributed by atoms with van der Waals surface area (Å²) in [6.07, 6.45) is 0. The normalized spacial score (nSPS) is 12.8. The maximum atomic E-state index is 5.93. The lowest BCUT2D eigenvalue weighted by atomic mass is 10.2. The van der Waals surface area contributed by atoms with Gasteiger partial charge in [0.15, 0.2) is 0 Å². The average Bonchev–Trinajstić information content (AvgIpc) is 2.42. The van der Waals surface area contributed by atoms with Gasteiger partial charge in [0, 0.05) is 16.1 Å². The molecule has 0 aliphatic rings. The Kier molecular flexibility index (Phi) is 9.20. The van der Waals surface area contributed by atoms with Crippen LogP contribution >= 0.6 is 8.60 Å². The minimum atomic E-state index is -1.25. The molecule has 0 fully saturated rings. The summed E-state index contributed by atoms with van der Waals surface area (Å²) in [5, 5.41) is 0. The molecule has 0 N–H and O–H groups in total. The van der Waals surface area contributed by atoms with Gasteiger partial charge in [-0.2, -0.15) is 0 Å². The van der Waals surface area contributed by atoms with E-state index >= 15 is 0 Å². The Morgan fingerprint density at radius 2 is 1.22 bits per heavy atom. The maximum Gasteiger partial charge on any atom is 0.332 e. The van der Waals surface area contributed by atoms with Crippen LogP contribution in [0.5, 0.6) is 0 Å². The van der Waals surface area contributed by atoms with Gasteiger partial charge in [0.25, 0.3) is 0 Å². The molecule has 0 aliphatic carbocycles. The number of hydrogen-bond donors (Lipinski definition) is 0. The van der Waals surface area contributed by atoms with Crippen molar-refractivity contribution in [1.29, 1.82) is 0 Å². The molecule has 3 nitrogen and oxygen atoms in total. The lowest BCUT2D eigenvalue weighted by Crippen LogP contribution is -2.22. The molecular weight excluding hydrogens is 339 g/mol. The molecule has 0 atom stereocenters. The zero-order valence-corrected chi connectivity index (χ0v) is 18.5. The average molecular weight is 373 g/mol. The van der Waals surface area contributed by atoms with Crippen LogP contribution in [0.1, 0.15) is 5.56 Å². The molecule has 132 valence electrons. The third kappa shape index (κ3) is 12.0. The van der Waals surface area contributed by atoms with E-state index in [1.54, 1.807) is 0 Å². The second-order valence-corrected chi connectivity index (χ2v) is 20.7. The van der Waals surface area contributed by atoms with Crippen molar-refractivity contribution < 1.29 is 13.6 Å². The lowest BCUT2D eigenvalue weighted by Gasteiger charge is -2.21. The SMILES string of the molecule is C[Si](C)(C)CCOP(OCC[Si](C)(C)C)OCc1ccccc1. The second kappa shape index (κ2) is 10.1. The van der Waals surface area contributed by atoms with E-state index in [2.05, 4.69) is 51.4 Å². The molecule has 23 heavy (non-hydrogen) atoms. The first-order chi connectivity index (χ1) is 10.7. The summed E-state index contributed by atoms with van der Waals surface area (Å²) in [6.45, 7) is 16.2. The smallest absolute Gasteiger partial charge is 0.313 e. The van der Waals surface area contributed by atoms with Crippen LogP contribution in [0, 0.1) is 0 Å². The molecule has 0 heterocycles. The van der Waals surface area contributed by atoms with E-state index < -0.39 is 24.8 Å². The summed E-state index contributed by atoms with van der Waals surface area (Å²) in [5.41, 5.74) is 1.16. The molecule has 1 aromatic rings. The highest BCUT2D eigenvalue weighted by atomic mass is 31.2. The number of hydrogen-bond acceptors (Lipinski definition) is 3. The predicted octanol–water partition coefficient (Wildman–Crippen LogP) is 6.14. The minimum Gasteiger partial charge on any atom is -0.313 e. The Balaban J connectivity index is 2.43. The van der Waals surface area contributed by atoms with E-state index in [0.29, 0.717) is 6.61 Å². The lowest BCUT2D eigenvalue weighted by molar-refractivity contribution is 0.164. The topological polar surface area (TPSA) is 27.7 Å². The summed E-state index contributed by atoms with van der Waals surface area (Å²) in [7, 11) is -3.43. The van der Waals surface area contributed by atoms with Crippen molar-refractivity contribution in [3.05, 3.63) is 35.9 Å². The number of benzene rings is 1. The standard InChI is InChI=1S/C17H33O3PSi2/c1-22(2,3)14-12-18-21(19-13-15-23(4,5)6)20-16-17-10-8-7-9-11-17/h7-11H,12-16H2,1-6H3. The van der Waals surface area contributed by atoms with E-state index in [4.69, 9.17) is 13.6 Å². The van der Waals surface area contributed by atoms with Gasteiger partial charge in [-0.15, -0.1) is 0 Å². The van der Waals surface area contributed by atoms with E-state index in [1.165, 1.54) is 0 Å². The van der Waals surface area contributed by atoms with Crippen LogP contribution in [0.3, 0.4) is 0 Å². The first-order valence-corrected chi connectivity index (χ1v) is 16.9. The molecule has 0 saturated heterocycles. The highest BCUT2D eigenvalue weighted by molar-refractivity contribution is 7.41. The molecule has 1 rings (SSSR count). The Morgan fingerprint density at radius 1 is 0.739 bits per heavy atom. The molecule has 0 unspecified atom stereocenters. The molecule has 0 aromatic heterocycles. The first kappa shape index (κ1) is 21.0. The molecule has 1 aromatic carbocycles. The molecule has 0 amide bonds. The third-order valence-corrected chi connectivity index (χ3v) is 7.81. The minimum absolute atomic E-state index is 0.548. The third-order valence-electron chi connectivity index (χ3n) is 3.28. The molecule has 6 heteroatoms. The van der Waals surface area contributed by atoms with Gasteiger partial charge in [0.05, 0.1) is 19.8 Å². The van der Waals surface area contributed by atoms with E-state index in [0.717, 1.165) is 30.9 Å². The fraction of sp³-hybridized carbons (Fsp3) is 0.647. The fourth-order valence-electron chi connectivity index (χ4n) is 1.67. The van der Waals surface area contributed by atoms with Gasteiger partial charge in [-0.1, -0.05) is 69.6 Å². The Labute approximate surface area is 145 Å². The maximum absolute atomic E-state index is 5.93. The molecule has 0 spiro atoms. The van der Waals surface area contributed by atoms with Crippen molar-refractivity contribution in [2.24, 2.45) is 0 Å². The van der Waals surface area contributed by atoms with Gasteiger partial charge >= 0.3 is 8.60 Å². The van der Waals surface area contributed by atoms with E-state index in [-0.39, 0.29) is 0 Å². The van der Waals surface area contributed by atoms with Crippen LogP contribution in [0.2, 0.25) is 51.4 Å². The highest BCUT2D eigenvalue weighted by Gasteiger charge is 2.19. The molecule has 0 saturated carbocycles. The zero-order valence-electron chi connectivity index (χ0n) is 15.6. The van der Waals surface area contributed by atoms with Crippen molar-refractivity contribution in [2.45, 2.75) is 58.0 Å².